The van der Waals surface area contributed by atoms with Gasteiger partial charge in [-0.15, -0.1) is 0 Å². The number of hydrogen-bond donors (Lipinski definition) is 1. The first-order chi connectivity index (χ1) is 7.58. The van der Waals surface area contributed by atoms with Gasteiger partial charge in [-0.05, 0) is 13.3 Å². The van der Waals surface area contributed by atoms with Crippen molar-refractivity contribution < 1.29 is 4.79 Å². The van der Waals surface area contributed by atoms with E-state index >= 15 is 0 Å². The van der Waals surface area contributed by atoms with E-state index in [0.29, 0.717) is 6.42 Å². The van der Waals surface area contributed by atoms with Crippen molar-refractivity contribution in [3.63, 3.8) is 0 Å². The van der Waals surface area contributed by atoms with Gasteiger partial charge in [-0.25, -0.2) is 0 Å². The maximum absolute atomic E-state index is 11.6. The van der Waals surface area contributed by atoms with Crippen LogP contribution in [0, 0.1) is 6.92 Å². The van der Waals surface area contributed by atoms with Crippen LogP contribution in [0.2, 0.25) is 0 Å². The molecule has 1 aliphatic rings. The zero-order valence-corrected chi connectivity index (χ0v) is 9.95. The zero-order chi connectivity index (χ0) is 11.8. The fourth-order valence-electron chi connectivity index (χ4n) is 2.63. The van der Waals surface area contributed by atoms with Crippen LogP contribution >= 0.6 is 0 Å². The van der Waals surface area contributed by atoms with Crippen LogP contribution in [0.3, 0.4) is 0 Å². The first-order valence-corrected chi connectivity index (χ1v) is 5.65. The van der Waals surface area contributed by atoms with Crippen LogP contribution in [-0.2, 0) is 10.2 Å². The van der Waals surface area contributed by atoms with E-state index in [2.05, 4.69) is 29.1 Å². The number of rotatable bonds is 2. The standard InChI is InChI=1S/C12H17N3O/c1-4-9-12(3,7-10(16)15-9)11-8(2)13-5-6-14-11/h5-6,9H,4,7H2,1-3H3,(H,15,16). The average Bonchev–Trinajstić information content (AvgIpc) is 2.55. The summed E-state index contributed by atoms with van der Waals surface area (Å²) < 4.78 is 0. The molecule has 1 aromatic heterocycles. The summed E-state index contributed by atoms with van der Waals surface area (Å²) in [7, 11) is 0. The van der Waals surface area contributed by atoms with Crippen LogP contribution in [-0.4, -0.2) is 21.9 Å². The lowest BCUT2D eigenvalue weighted by molar-refractivity contribution is -0.119. The molecular formula is C12H17N3O. The van der Waals surface area contributed by atoms with Gasteiger partial charge in [-0.3, -0.25) is 14.8 Å². The maximum Gasteiger partial charge on any atom is 0.221 e. The third kappa shape index (κ3) is 1.58. The van der Waals surface area contributed by atoms with Crippen molar-refractivity contribution in [3.05, 3.63) is 23.8 Å². The summed E-state index contributed by atoms with van der Waals surface area (Å²) in [6, 6.07) is 0.162. The predicted octanol–water partition coefficient (Wildman–Crippen LogP) is 1.34. The Morgan fingerprint density at radius 2 is 2.19 bits per heavy atom. The van der Waals surface area contributed by atoms with Gasteiger partial charge >= 0.3 is 0 Å². The van der Waals surface area contributed by atoms with Crippen molar-refractivity contribution in [2.24, 2.45) is 0 Å². The Morgan fingerprint density at radius 1 is 1.50 bits per heavy atom. The third-order valence-corrected chi connectivity index (χ3v) is 3.46. The molecule has 4 nitrogen and oxygen atoms in total. The fraction of sp³-hybridized carbons (Fsp3) is 0.583. The van der Waals surface area contributed by atoms with Gasteiger partial charge in [0.15, 0.2) is 0 Å². The van der Waals surface area contributed by atoms with E-state index < -0.39 is 0 Å². The maximum atomic E-state index is 11.6. The highest BCUT2D eigenvalue weighted by Gasteiger charge is 2.45. The molecule has 1 aromatic rings. The molecule has 4 heteroatoms. The van der Waals surface area contributed by atoms with Crippen molar-refractivity contribution in [3.8, 4) is 0 Å². The second-order valence-electron chi connectivity index (χ2n) is 4.61. The first-order valence-electron chi connectivity index (χ1n) is 5.65. The van der Waals surface area contributed by atoms with Crippen LogP contribution in [0.25, 0.3) is 0 Å². The van der Waals surface area contributed by atoms with Gasteiger partial charge in [0, 0.05) is 30.3 Å². The van der Waals surface area contributed by atoms with E-state index in [4.69, 9.17) is 0 Å². The minimum Gasteiger partial charge on any atom is -0.352 e. The van der Waals surface area contributed by atoms with E-state index in [-0.39, 0.29) is 17.4 Å². The minimum absolute atomic E-state index is 0.111. The van der Waals surface area contributed by atoms with E-state index in [1.807, 2.05) is 6.92 Å². The van der Waals surface area contributed by atoms with Crippen LogP contribution in [0.1, 0.15) is 38.1 Å². The van der Waals surface area contributed by atoms with E-state index in [1.165, 1.54) is 0 Å². The van der Waals surface area contributed by atoms with E-state index in [0.717, 1.165) is 17.8 Å². The highest BCUT2D eigenvalue weighted by molar-refractivity contribution is 5.81. The van der Waals surface area contributed by atoms with Crippen LogP contribution in [0.5, 0.6) is 0 Å². The first kappa shape index (κ1) is 11.0. The number of carbonyl (C=O) groups excluding carboxylic acids is 1. The Hall–Kier alpha value is -1.45. The molecule has 1 fully saturated rings. The fourth-order valence-corrected chi connectivity index (χ4v) is 2.63. The monoisotopic (exact) mass is 219 g/mol. The Kier molecular flexibility index (Phi) is 2.66. The van der Waals surface area contributed by atoms with Gasteiger partial charge < -0.3 is 5.32 Å². The van der Waals surface area contributed by atoms with Crippen molar-refractivity contribution in [2.75, 3.05) is 0 Å². The molecule has 2 rings (SSSR count). The molecule has 2 atom stereocenters. The molecule has 1 N–H and O–H groups in total. The highest BCUT2D eigenvalue weighted by Crippen LogP contribution is 2.36. The van der Waals surface area contributed by atoms with Crippen molar-refractivity contribution in [1.29, 1.82) is 0 Å². The molecule has 0 aliphatic carbocycles. The Morgan fingerprint density at radius 3 is 2.81 bits per heavy atom. The number of carbonyl (C=O) groups is 1. The van der Waals surface area contributed by atoms with Crippen molar-refractivity contribution in [2.45, 2.75) is 45.1 Å². The van der Waals surface area contributed by atoms with E-state index in [9.17, 15) is 4.79 Å². The molecule has 1 saturated heterocycles. The molecule has 1 amide bonds. The number of amides is 1. The van der Waals surface area contributed by atoms with Gasteiger partial charge in [0.05, 0.1) is 11.4 Å². The Bertz CT molecular complexity index is 418. The molecular weight excluding hydrogens is 202 g/mol. The lowest BCUT2D eigenvalue weighted by Crippen LogP contribution is -2.39. The number of hydrogen-bond acceptors (Lipinski definition) is 3. The number of nitrogens with one attached hydrogen (secondary N) is 1. The average molecular weight is 219 g/mol. The molecule has 1 aliphatic heterocycles. The summed E-state index contributed by atoms with van der Waals surface area (Å²) in [5, 5.41) is 3.01. The molecule has 0 bridgehead atoms. The molecule has 0 radical (unpaired) electrons. The smallest absolute Gasteiger partial charge is 0.221 e. The molecule has 0 saturated carbocycles. The SMILES string of the molecule is CCC1NC(=O)CC1(C)c1nccnc1C. The predicted molar refractivity (Wildman–Crippen MR) is 61.0 cm³/mol. The molecule has 2 unspecified atom stereocenters. The number of aromatic nitrogens is 2. The molecule has 16 heavy (non-hydrogen) atoms. The van der Waals surface area contributed by atoms with Gasteiger partial charge in [0.2, 0.25) is 5.91 Å². The summed E-state index contributed by atoms with van der Waals surface area (Å²) in [6.45, 7) is 6.12. The summed E-state index contributed by atoms with van der Waals surface area (Å²) in [5.41, 5.74) is 1.64. The zero-order valence-electron chi connectivity index (χ0n) is 9.95. The summed E-state index contributed by atoms with van der Waals surface area (Å²) >= 11 is 0. The quantitative estimate of drug-likeness (QED) is 0.816. The van der Waals surface area contributed by atoms with Crippen molar-refractivity contribution in [1.82, 2.24) is 15.3 Å². The highest BCUT2D eigenvalue weighted by atomic mass is 16.2. The van der Waals surface area contributed by atoms with Gasteiger partial charge in [-0.1, -0.05) is 13.8 Å². The van der Waals surface area contributed by atoms with Crippen LogP contribution < -0.4 is 5.32 Å². The Labute approximate surface area is 95.5 Å². The lowest BCUT2D eigenvalue weighted by atomic mass is 9.77. The number of aryl methyl sites for hydroxylation is 1. The second-order valence-corrected chi connectivity index (χ2v) is 4.61. The topological polar surface area (TPSA) is 54.9 Å². The van der Waals surface area contributed by atoms with Gasteiger partial charge in [-0.2, -0.15) is 0 Å². The minimum atomic E-state index is -0.218. The largest absolute Gasteiger partial charge is 0.352 e. The van der Waals surface area contributed by atoms with Gasteiger partial charge in [0.25, 0.3) is 0 Å². The summed E-state index contributed by atoms with van der Waals surface area (Å²) in [6.07, 6.45) is 4.81. The molecule has 86 valence electrons. The van der Waals surface area contributed by atoms with Crippen LogP contribution in [0.4, 0.5) is 0 Å². The Balaban J connectivity index is 2.45. The van der Waals surface area contributed by atoms with E-state index in [1.54, 1.807) is 12.4 Å². The summed E-state index contributed by atoms with van der Waals surface area (Å²) in [4.78, 5) is 20.2. The third-order valence-electron chi connectivity index (χ3n) is 3.46. The molecule has 0 aromatic carbocycles. The summed E-state index contributed by atoms with van der Waals surface area (Å²) in [5.74, 6) is 0.111. The van der Waals surface area contributed by atoms with Crippen molar-refractivity contribution >= 4 is 5.91 Å². The molecule has 2 heterocycles. The lowest BCUT2D eigenvalue weighted by Gasteiger charge is -2.29. The normalized spacial score (nSPS) is 29.2. The number of nitrogens with zero attached hydrogens (tertiary/aromatic N) is 2. The molecule has 0 spiro atoms. The second kappa shape index (κ2) is 3.85. The van der Waals surface area contributed by atoms with Gasteiger partial charge in [0.1, 0.15) is 0 Å². The van der Waals surface area contributed by atoms with Crippen LogP contribution in [0.15, 0.2) is 12.4 Å².